The van der Waals surface area contributed by atoms with Crippen molar-refractivity contribution in [2.45, 2.75) is 13.1 Å². The van der Waals surface area contributed by atoms with Crippen LogP contribution in [0.25, 0.3) is 93.2 Å². The molecular formula is C53H30F3N5. The number of nitrogens with zero attached hydrogens (tertiary/aromatic N) is 5. The molecule has 0 fully saturated rings. The minimum absolute atomic E-state index is 0.376. The maximum absolute atomic E-state index is 14.2. The van der Waals surface area contributed by atoms with Gasteiger partial charge in [-0.25, -0.2) is 4.85 Å². The third kappa shape index (κ3) is 6.08. The van der Waals surface area contributed by atoms with Crippen LogP contribution in [0.5, 0.6) is 0 Å². The Balaban J connectivity index is 1.31. The van der Waals surface area contributed by atoms with Crippen LogP contribution in [0.3, 0.4) is 0 Å². The van der Waals surface area contributed by atoms with Crippen LogP contribution in [-0.2, 0) is 6.18 Å². The van der Waals surface area contributed by atoms with Gasteiger partial charge >= 0.3 is 6.18 Å². The van der Waals surface area contributed by atoms with Crippen molar-refractivity contribution in [1.82, 2.24) is 9.13 Å². The third-order valence-corrected chi connectivity index (χ3v) is 11.6. The summed E-state index contributed by atoms with van der Waals surface area (Å²) in [5, 5.41) is 24.0. The van der Waals surface area contributed by atoms with E-state index in [9.17, 15) is 23.7 Å². The standard InChI is InChI=1S/C53H30F3N5/c1-32-25-39(53(54,55)56)19-22-41(32)52-50(60-46-9-5-3-7-42(46)44-28-37(17-23-48(44)60)35-13-11-33(30-57)12-14-35)26-34(31-58)27-51(52)61-47-10-6-4-8-43(47)45-29-38(18-24-49(45)61)36-15-20-40(59-2)21-16-36/h3-29H,1H3. The molecule has 0 amide bonds. The van der Waals surface area contributed by atoms with Crippen LogP contribution in [0.4, 0.5) is 18.9 Å². The van der Waals surface area contributed by atoms with E-state index in [1.165, 1.54) is 6.07 Å². The molecule has 0 aliphatic carbocycles. The van der Waals surface area contributed by atoms with Gasteiger partial charge in [-0.3, -0.25) is 0 Å². The lowest BCUT2D eigenvalue weighted by Crippen LogP contribution is -2.08. The summed E-state index contributed by atoms with van der Waals surface area (Å²) in [5.41, 5.74) is 10.9. The van der Waals surface area contributed by atoms with Gasteiger partial charge in [-0.1, -0.05) is 91.0 Å². The lowest BCUT2D eigenvalue weighted by atomic mass is 9.93. The first-order chi connectivity index (χ1) is 29.6. The van der Waals surface area contributed by atoms with Crippen LogP contribution in [0.1, 0.15) is 22.3 Å². The molecule has 0 unspecified atom stereocenters. The number of aryl methyl sites for hydroxylation is 1. The fraction of sp³-hybridized carbons (Fsp3) is 0.0377. The van der Waals surface area contributed by atoms with Gasteiger partial charge in [-0.2, -0.15) is 23.7 Å². The van der Waals surface area contributed by atoms with Crippen LogP contribution in [0.15, 0.2) is 164 Å². The van der Waals surface area contributed by atoms with Gasteiger partial charge in [0.2, 0.25) is 0 Å². The van der Waals surface area contributed by atoms with E-state index >= 15 is 0 Å². The largest absolute Gasteiger partial charge is 0.416 e. The van der Waals surface area contributed by atoms with Crippen LogP contribution < -0.4 is 0 Å². The number of fused-ring (bicyclic) bond motifs is 6. The summed E-state index contributed by atoms with van der Waals surface area (Å²) >= 11 is 0. The number of hydrogen-bond donors (Lipinski definition) is 0. The molecule has 0 saturated heterocycles. The lowest BCUT2D eigenvalue weighted by Gasteiger charge is -2.22. The molecule has 0 spiro atoms. The zero-order valence-electron chi connectivity index (χ0n) is 32.5. The fourth-order valence-corrected chi connectivity index (χ4v) is 8.72. The van der Waals surface area contributed by atoms with Crippen LogP contribution >= 0.6 is 0 Å². The van der Waals surface area contributed by atoms with Gasteiger partial charge in [0.25, 0.3) is 0 Å². The SMILES string of the molecule is [C-]#[N+]c1ccc(-c2ccc3c(c2)c2ccccc2n3-c2cc(C#N)cc(-n3c4ccccc4c4cc(-c5ccc(C#N)cc5)ccc43)c2-c2ccc(C(F)(F)F)cc2C)cc1. The number of para-hydroxylation sites is 2. The summed E-state index contributed by atoms with van der Waals surface area (Å²) in [6.07, 6.45) is -4.54. The maximum atomic E-state index is 14.2. The summed E-state index contributed by atoms with van der Waals surface area (Å²) in [7, 11) is 0. The molecule has 0 N–H and O–H groups in total. The van der Waals surface area contributed by atoms with Crippen molar-refractivity contribution in [2.24, 2.45) is 0 Å². The first kappa shape index (κ1) is 36.9. The second kappa shape index (κ2) is 14.2. The molecule has 0 aliphatic rings. The van der Waals surface area contributed by atoms with Gasteiger partial charge in [0.05, 0.1) is 68.8 Å². The van der Waals surface area contributed by atoms with Gasteiger partial charge in [0.1, 0.15) is 0 Å². The Hall–Kier alpha value is -8.38. The minimum atomic E-state index is -4.54. The predicted molar refractivity (Wildman–Crippen MR) is 237 cm³/mol. The highest BCUT2D eigenvalue weighted by Gasteiger charge is 2.32. The first-order valence-corrected chi connectivity index (χ1v) is 19.5. The van der Waals surface area contributed by atoms with Crippen molar-refractivity contribution in [3.8, 4) is 56.9 Å². The van der Waals surface area contributed by atoms with E-state index in [0.29, 0.717) is 44.9 Å². The molecule has 0 bridgehead atoms. The second-order valence-electron chi connectivity index (χ2n) is 15.0. The Kier molecular flexibility index (Phi) is 8.58. The van der Waals surface area contributed by atoms with E-state index < -0.39 is 11.7 Å². The molecule has 0 atom stereocenters. The van der Waals surface area contributed by atoms with Gasteiger partial charge in [0, 0.05) is 27.1 Å². The lowest BCUT2D eigenvalue weighted by molar-refractivity contribution is -0.137. The molecule has 10 rings (SSSR count). The number of nitriles is 2. The number of hydrogen-bond acceptors (Lipinski definition) is 2. The third-order valence-electron chi connectivity index (χ3n) is 11.6. The normalized spacial score (nSPS) is 11.6. The van der Waals surface area contributed by atoms with E-state index in [1.807, 2.05) is 97.1 Å². The minimum Gasteiger partial charge on any atom is -0.308 e. The molecule has 0 radical (unpaired) electrons. The molecule has 2 aromatic heterocycles. The molecule has 0 saturated carbocycles. The highest BCUT2D eigenvalue weighted by atomic mass is 19.4. The summed E-state index contributed by atoms with van der Waals surface area (Å²) in [5.74, 6) is 0. The number of aromatic nitrogens is 2. The Morgan fingerprint density at radius 2 is 0.984 bits per heavy atom. The van der Waals surface area contributed by atoms with Gasteiger partial charge in [0.15, 0.2) is 5.69 Å². The molecule has 2 heterocycles. The number of benzene rings is 8. The Morgan fingerprint density at radius 3 is 1.46 bits per heavy atom. The number of halogens is 3. The molecular weight excluding hydrogens is 764 g/mol. The molecule has 61 heavy (non-hydrogen) atoms. The van der Waals surface area contributed by atoms with Crippen LogP contribution in [0.2, 0.25) is 0 Å². The summed E-state index contributed by atoms with van der Waals surface area (Å²) in [4.78, 5) is 3.54. The van der Waals surface area contributed by atoms with Gasteiger partial charge in [-0.15, -0.1) is 0 Å². The van der Waals surface area contributed by atoms with Crippen LogP contribution in [-0.4, -0.2) is 9.13 Å². The van der Waals surface area contributed by atoms with Crippen molar-refractivity contribution in [1.29, 1.82) is 10.5 Å². The molecule has 0 aliphatic heterocycles. The second-order valence-corrected chi connectivity index (χ2v) is 15.0. The molecule has 288 valence electrons. The monoisotopic (exact) mass is 793 g/mol. The van der Waals surface area contributed by atoms with Crippen molar-refractivity contribution in [3.63, 3.8) is 0 Å². The molecule has 10 aromatic rings. The average molecular weight is 794 g/mol. The summed E-state index contributed by atoms with van der Waals surface area (Å²) in [6.45, 7) is 9.09. The average Bonchev–Trinajstić information content (AvgIpc) is 3.80. The molecule has 8 aromatic carbocycles. The smallest absolute Gasteiger partial charge is 0.308 e. The fourth-order valence-electron chi connectivity index (χ4n) is 8.72. The highest BCUT2D eigenvalue weighted by molar-refractivity contribution is 6.13. The first-order valence-electron chi connectivity index (χ1n) is 19.5. The van der Waals surface area contributed by atoms with E-state index in [1.54, 1.807) is 37.3 Å². The topological polar surface area (TPSA) is 61.8 Å². The van der Waals surface area contributed by atoms with E-state index in [0.717, 1.165) is 71.9 Å². The van der Waals surface area contributed by atoms with E-state index in [4.69, 9.17) is 6.57 Å². The highest BCUT2D eigenvalue weighted by Crippen LogP contribution is 2.45. The van der Waals surface area contributed by atoms with Crippen molar-refractivity contribution in [3.05, 3.63) is 197 Å². The van der Waals surface area contributed by atoms with Gasteiger partial charge in [-0.05, 0) is 113 Å². The van der Waals surface area contributed by atoms with Crippen molar-refractivity contribution < 1.29 is 13.2 Å². The number of alkyl halides is 3. The van der Waals surface area contributed by atoms with Crippen molar-refractivity contribution >= 4 is 49.3 Å². The zero-order chi connectivity index (χ0) is 42.0. The predicted octanol–water partition coefficient (Wildman–Crippen LogP) is 14.5. The Bertz CT molecular complexity index is 3350. The Labute approximate surface area is 348 Å². The quantitative estimate of drug-likeness (QED) is 0.163. The number of rotatable bonds is 5. The van der Waals surface area contributed by atoms with Gasteiger partial charge < -0.3 is 9.13 Å². The van der Waals surface area contributed by atoms with E-state index in [-0.39, 0.29) is 0 Å². The Morgan fingerprint density at radius 1 is 0.508 bits per heavy atom. The van der Waals surface area contributed by atoms with Crippen molar-refractivity contribution in [2.75, 3.05) is 0 Å². The molecule has 5 nitrogen and oxygen atoms in total. The summed E-state index contributed by atoms with van der Waals surface area (Å²) in [6, 6.07) is 55.4. The van der Waals surface area contributed by atoms with Crippen LogP contribution in [0, 0.1) is 36.2 Å². The van der Waals surface area contributed by atoms with E-state index in [2.05, 4.69) is 50.4 Å². The maximum Gasteiger partial charge on any atom is 0.416 e. The summed E-state index contributed by atoms with van der Waals surface area (Å²) < 4.78 is 46.9. The molecule has 8 heteroatoms. The zero-order valence-corrected chi connectivity index (χ0v) is 32.5.